The minimum Gasteiger partial charge on any atom is -0.490 e. The van der Waals surface area contributed by atoms with Gasteiger partial charge in [0, 0.05) is 30.8 Å². The Hall–Kier alpha value is -2.38. The van der Waals surface area contributed by atoms with Crippen molar-refractivity contribution in [2.75, 3.05) is 13.7 Å². The smallest absolute Gasteiger partial charge is 0.410 e. The van der Waals surface area contributed by atoms with Gasteiger partial charge in [-0.1, -0.05) is 0 Å². The molecular formula is C20H26F2N2O4. The van der Waals surface area contributed by atoms with Gasteiger partial charge < -0.3 is 14.8 Å². The summed E-state index contributed by atoms with van der Waals surface area (Å²) in [6.45, 7) is 0.523. The molecule has 1 aliphatic carbocycles. The van der Waals surface area contributed by atoms with Crippen molar-refractivity contribution < 1.29 is 27.8 Å². The van der Waals surface area contributed by atoms with Crippen LogP contribution in [0.15, 0.2) is 18.2 Å². The summed E-state index contributed by atoms with van der Waals surface area (Å²) in [5.74, 6) is -1.31. The lowest BCUT2D eigenvalue weighted by Gasteiger charge is -2.35. The Balaban J connectivity index is 1.49. The van der Waals surface area contributed by atoms with E-state index in [1.807, 2.05) is 0 Å². The van der Waals surface area contributed by atoms with Crippen molar-refractivity contribution in [3.05, 3.63) is 29.8 Å². The predicted octanol–water partition coefficient (Wildman–Crippen LogP) is 3.39. The lowest BCUT2D eigenvalue weighted by Crippen LogP contribution is -2.54. The Morgan fingerprint density at radius 1 is 1.04 bits per heavy atom. The molecule has 1 aromatic carbocycles. The van der Waals surface area contributed by atoms with Crippen LogP contribution in [0.3, 0.4) is 0 Å². The Labute approximate surface area is 163 Å². The molecule has 1 N–H and O–H groups in total. The van der Waals surface area contributed by atoms with Crippen molar-refractivity contribution in [2.24, 2.45) is 0 Å². The SMILES string of the molecule is COC(=O)N1CCCCC1C(=O)NC1CCC(Oc2cc(F)cc(F)c2)CC1. The number of methoxy groups -OCH3 is 1. The van der Waals surface area contributed by atoms with Crippen molar-refractivity contribution in [2.45, 2.75) is 63.1 Å². The molecule has 2 aliphatic rings. The first-order chi connectivity index (χ1) is 13.5. The van der Waals surface area contributed by atoms with E-state index >= 15 is 0 Å². The second-order valence-electron chi connectivity index (χ2n) is 7.38. The Bertz CT molecular complexity index is 687. The summed E-state index contributed by atoms with van der Waals surface area (Å²) in [7, 11) is 1.32. The van der Waals surface area contributed by atoms with Gasteiger partial charge in [-0.2, -0.15) is 0 Å². The van der Waals surface area contributed by atoms with Gasteiger partial charge in [0.15, 0.2) is 0 Å². The number of hydrogen-bond donors (Lipinski definition) is 1. The van der Waals surface area contributed by atoms with E-state index in [0.717, 1.165) is 18.9 Å². The van der Waals surface area contributed by atoms with Gasteiger partial charge in [-0.3, -0.25) is 9.69 Å². The van der Waals surface area contributed by atoms with Crippen molar-refractivity contribution in [3.63, 3.8) is 0 Å². The first-order valence-electron chi connectivity index (χ1n) is 9.74. The van der Waals surface area contributed by atoms with Crippen LogP contribution in [-0.4, -0.2) is 48.7 Å². The number of carbonyl (C=O) groups is 2. The molecule has 0 spiro atoms. The summed E-state index contributed by atoms with van der Waals surface area (Å²) in [6, 6.07) is 2.65. The van der Waals surface area contributed by atoms with E-state index in [-0.39, 0.29) is 23.8 Å². The molecule has 1 aromatic rings. The summed E-state index contributed by atoms with van der Waals surface area (Å²) >= 11 is 0. The highest BCUT2D eigenvalue weighted by atomic mass is 19.1. The number of likely N-dealkylation sites (tertiary alicyclic amines) is 1. The summed E-state index contributed by atoms with van der Waals surface area (Å²) < 4.78 is 37.0. The molecule has 2 amide bonds. The molecule has 2 fully saturated rings. The molecular weight excluding hydrogens is 370 g/mol. The third-order valence-electron chi connectivity index (χ3n) is 5.37. The van der Waals surface area contributed by atoms with Crippen molar-refractivity contribution in [1.82, 2.24) is 10.2 Å². The number of benzene rings is 1. The second kappa shape index (κ2) is 9.21. The number of piperidine rings is 1. The van der Waals surface area contributed by atoms with Crippen LogP contribution in [0.25, 0.3) is 0 Å². The maximum Gasteiger partial charge on any atom is 0.410 e. The van der Waals surface area contributed by atoms with Crippen molar-refractivity contribution in [3.8, 4) is 5.75 Å². The van der Waals surface area contributed by atoms with Gasteiger partial charge in [0.1, 0.15) is 23.4 Å². The molecule has 1 saturated heterocycles. The van der Waals surface area contributed by atoms with Crippen LogP contribution >= 0.6 is 0 Å². The number of carbonyl (C=O) groups excluding carboxylic acids is 2. The number of halogens is 2. The van der Waals surface area contributed by atoms with E-state index in [9.17, 15) is 18.4 Å². The van der Waals surface area contributed by atoms with Gasteiger partial charge in [-0.25, -0.2) is 13.6 Å². The zero-order valence-corrected chi connectivity index (χ0v) is 16.0. The fourth-order valence-electron chi connectivity index (χ4n) is 3.95. The van der Waals surface area contributed by atoms with E-state index < -0.39 is 23.8 Å². The van der Waals surface area contributed by atoms with Gasteiger partial charge >= 0.3 is 6.09 Å². The van der Waals surface area contributed by atoms with Crippen LogP contribution < -0.4 is 10.1 Å². The van der Waals surface area contributed by atoms with Crippen LogP contribution in [0.1, 0.15) is 44.9 Å². The molecule has 28 heavy (non-hydrogen) atoms. The quantitative estimate of drug-likeness (QED) is 0.847. The largest absolute Gasteiger partial charge is 0.490 e. The lowest BCUT2D eigenvalue weighted by molar-refractivity contribution is -0.128. The third kappa shape index (κ3) is 5.11. The minimum atomic E-state index is -0.668. The number of ether oxygens (including phenoxy) is 2. The topological polar surface area (TPSA) is 67.9 Å². The van der Waals surface area contributed by atoms with Gasteiger partial charge in [-0.05, 0) is 44.9 Å². The molecule has 0 radical (unpaired) electrons. The van der Waals surface area contributed by atoms with Crippen LogP contribution in [0, 0.1) is 11.6 Å². The average molecular weight is 396 g/mol. The maximum absolute atomic E-state index is 13.3. The van der Waals surface area contributed by atoms with Gasteiger partial charge in [0.2, 0.25) is 5.91 Å². The molecule has 0 aromatic heterocycles. The number of nitrogens with one attached hydrogen (secondary N) is 1. The standard InChI is InChI=1S/C20H26F2N2O4/c1-27-20(26)24-9-3-2-4-18(24)19(25)23-15-5-7-16(8-6-15)28-17-11-13(21)10-14(22)12-17/h10-12,15-16,18H,2-9H2,1H3,(H,23,25). The minimum absolute atomic E-state index is 0.00183. The first kappa shape index (κ1) is 20.4. The number of nitrogens with zero attached hydrogens (tertiary/aromatic N) is 1. The molecule has 0 bridgehead atoms. The monoisotopic (exact) mass is 396 g/mol. The first-order valence-corrected chi connectivity index (χ1v) is 9.74. The van der Waals surface area contributed by atoms with E-state index in [0.29, 0.717) is 38.6 Å². The van der Waals surface area contributed by atoms with E-state index in [4.69, 9.17) is 9.47 Å². The Kier molecular flexibility index (Phi) is 6.70. The van der Waals surface area contributed by atoms with Crippen LogP contribution in [-0.2, 0) is 9.53 Å². The lowest BCUT2D eigenvalue weighted by atomic mass is 9.92. The van der Waals surface area contributed by atoms with Gasteiger partial charge in [0.05, 0.1) is 13.2 Å². The number of amides is 2. The maximum atomic E-state index is 13.3. The zero-order chi connectivity index (χ0) is 20.1. The zero-order valence-electron chi connectivity index (χ0n) is 16.0. The summed E-state index contributed by atoms with van der Waals surface area (Å²) in [6.07, 6.45) is 4.54. The molecule has 1 aliphatic heterocycles. The summed E-state index contributed by atoms with van der Waals surface area (Å²) in [4.78, 5) is 26.1. The highest BCUT2D eigenvalue weighted by Crippen LogP contribution is 2.26. The van der Waals surface area contributed by atoms with Gasteiger partial charge in [0.25, 0.3) is 0 Å². The molecule has 154 valence electrons. The molecule has 1 heterocycles. The fourth-order valence-corrected chi connectivity index (χ4v) is 3.95. The van der Waals surface area contributed by atoms with E-state index in [1.54, 1.807) is 0 Å². The molecule has 6 nitrogen and oxygen atoms in total. The van der Waals surface area contributed by atoms with Crippen molar-refractivity contribution >= 4 is 12.0 Å². The second-order valence-corrected chi connectivity index (χ2v) is 7.38. The normalized spacial score (nSPS) is 25.1. The summed E-state index contributed by atoms with van der Waals surface area (Å²) in [5.41, 5.74) is 0. The molecule has 1 atom stereocenters. The molecule has 1 saturated carbocycles. The fraction of sp³-hybridized carbons (Fsp3) is 0.600. The van der Waals surface area contributed by atoms with Crippen molar-refractivity contribution in [1.29, 1.82) is 0 Å². The highest BCUT2D eigenvalue weighted by molar-refractivity contribution is 5.86. The van der Waals surface area contributed by atoms with Gasteiger partial charge in [-0.15, -0.1) is 0 Å². The third-order valence-corrected chi connectivity index (χ3v) is 5.37. The van der Waals surface area contributed by atoms with Crippen LogP contribution in [0.4, 0.5) is 13.6 Å². The predicted molar refractivity (Wildman–Crippen MR) is 97.9 cm³/mol. The Morgan fingerprint density at radius 2 is 1.71 bits per heavy atom. The summed E-state index contributed by atoms with van der Waals surface area (Å²) in [5, 5.41) is 3.04. The van der Waals surface area contributed by atoms with E-state index in [1.165, 1.54) is 24.1 Å². The molecule has 3 rings (SSSR count). The average Bonchev–Trinajstić information content (AvgIpc) is 2.68. The Morgan fingerprint density at radius 3 is 2.36 bits per heavy atom. The molecule has 8 heteroatoms. The number of rotatable bonds is 4. The van der Waals surface area contributed by atoms with E-state index in [2.05, 4.69) is 5.32 Å². The number of hydrogen-bond acceptors (Lipinski definition) is 4. The van der Waals surface area contributed by atoms with Crippen LogP contribution in [0.5, 0.6) is 5.75 Å². The van der Waals surface area contributed by atoms with Crippen LogP contribution in [0.2, 0.25) is 0 Å². The highest BCUT2D eigenvalue weighted by Gasteiger charge is 2.34. The molecule has 1 unspecified atom stereocenters.